The van der Waals surface area contributed by atoms with Gasteiger partial charge in [-0.2, -0.15) is 0 Å². The largest absolute Gasteiger partial charge is 0.444 e. The Morgan fingerprint density at radius 2 is 1.63 bits per heavy atom. The summed E-state index contributed by atoms with van der Waals surface area (Å²) in [5.74, 6) is 1.07. The highest BCUT2D eigenvalue weighted by Crippen LogP contribution is 2.35. The predicted molar refractivity (Wildman–Crippen MR) is 109 cm³/mol. The summed E-state index contributed by atoms with van der Waals surface area (Å²) in [5, 5.41) is 21.1. The van der Waals surface area contributed by atoms with E-state index in [1.807, 2.05) is 34.6 Å². The van der Waals surface area contributed by atoms with Crippen LogP contribution in [0.4, 0.5) is 4.79 Å². The van der Waals surface area contributed by atoms with E-state index < -0.39 is 5.60 Å². The molecule has 0 bridgehead atoms. The molecule has 27 heavy (non-hydrogen) atoms. The molecule has 2 fully saturated rings. The van der Waals surface area contributed by atoms with Crippen LogP contribution >= 0.6 is 0 Å². The molecule has 6 heteroatoms. The van der Waals surface area contributed by atoms with Crippen LogP contribution in [0.2, 0.25) is 0 Å². The van der Waals surface area contributed by atoms with Gasteiger partial charge in [0.05, 0.1) is 0 Å². The van der Waals surface area contributed by atoms with Crippen LogP contribution in [0.5, 0.6) is 0 Å². The van der Waals surface area contributed by atoms with Crippen molar-refractivity contribution in [3.63, 3.8) is 0 Å². The molecular weight excluding hydrogens is 344 g/mol. The number of likely N-dealkylation sites (tertiary alicyclic amines) is 1. The van der Waals surface area contributed by atoms with Gasteiger partial charge in [0.15, 0.2) is 0 Å². The van der Waals surface area contributed by atoms with Gasteiger partial charge in [0.2, 0.25) is 0 Å². The molecule has 2 aliphatic heterocycles. The summed E-state index contributed by atoms with van der Waals surface area (Å²) in [6, 6.07) is 0. The van der Waals surface area contributed by atoms with Crippen LogP contribution in [-0.2, 0) is 4.74 Å². The van der Waals surface area contributed by atoms with E-state index in [4.69, 9.17) is 14.9 Å². The fourth-order valence-corrected chi connectivity index (χ4v) is 4.07. The summed E-state index contributed by atoms with van der Waals surface area (Å²) in [5.41, 5.74) is -0.329. The van der Waals surface area contributed by atoms with Gasteiger partial charge in [-0.05, 0) is 92.5 Å². The first-order valence-electron chi connectivity index (χ1n) is 10.3. The Hall–Kier alpha value is -0.850. The lowest BCUT2D eigenvalue weighted by molar-refractivity contribution is 0.0130. The number of amides is 1. The van der Waals surface area contributed by atoms with Gasteiger partial charge >= 0.3 is 6.09 Å². The summed E-state index contributed by atoms with van der Waals surface area (Å²) in [4.78, 5) is 13.9. The van der Waals surface area contributed by atoms with Gasteiger partial charge in [-0.1, -0.05) is 0 Å². The van der Waals surface area contributed by atoms with E-state index in [1.165, 1.54) is 6.42 Å². The number of nitrogens with one attached hydrogen (secondary N) is 1. The van der Waals surface area contributed by atoms with E-state index in [0.29, 0.717) is 30.5 Å². The normalized spacial score (nSPS) is 26.5. The van der Waals surface area contributed by atoms with E-state index in [2.05, 4.69) is 19.2 Å². The van der Waals surface area contributed by atoms with Gasteiger partial charge in [0, 0.05) is 30.8 Å². The number of aliphatic hydroxyl groups is 2. The lowest BCUT2D eigenvalue weighted by atomic mass is 9.95. The van der Waals surface area contributed by atoms with E-state index in [1.54, 1.807) is 4.90 Å². The topological polar surface area (TPSA) is 82.0 Å². The zero-order chi connectivity index (χ0) is 20.9. The maximum absolute atomic E-state index is 12.1. The summed E-state index contributed by atoms with van der Waals surface area (Å²) in [6.45, 7) is 16.4. The molecule has 0 spiro atoms. The average molecular weight is 387 g/mol. The SMILES string of the molecule is CC(C)(C)OC(=O)N1C[C@@H](CCO)CC1(C)C.CC1(C)C[C@H](CCO)CN1. The van der Waals surface area contributed by atoms with Crippen molar-refractivity contribution in [1.29, 1.82) is 0 Å². The third-order valence-electron chi connectivity index (χ3n) is 5.32. The number of carbonyl (C=O) groups is 1. The molecule has 0 unspecified atom stereocenters. The lowest BCUT2D eigenvalue weighted by Gasteiger charge is -2.33. The molecule has 2 atom stereocenters. The molecule has 2 heterocycles. The minimum absolute atomic E-state index is 0.178. The number of aliphatic hydroxyl groups excluding tert-OH is 2. The van der Waals surface area contributed by atoms with Crippen LogP contribution in [0.1, 0.15) is 74.1 Å². The Morgan fingerprint density at radius 1 is 1.07 bits per heavy atom. The van der Waals surface area contributed by atoms with Crippen molar-refractivity contribution in [2.24, 2.45) is 11.8 Å². The van der Waals surface area contributed by atoms with E-state index in [9.17, 15) is 4.79 Å². The molecule has 2 aliphatic rings. The fraction of sp³-hybridized carbons (Fsp3) is 0.952. The van der Waals surface area contributed by atoms with Gasteiger partial charge in [0.25, 0.3) is 0 Å². The minimum Gasteiger partial charge on any atom is -0.444 e. The second-order valence-electron chi connectivity index (χ2n) is 10.3. The lowest BCUT2D eigenvalue weighted by Crippen LogP contribution is -2.45. The molecule has 2 saturated heterocycles. The molecule has 0 aromatic rings. The van der Waals surface area contributed by atoms with Crippen LogP contribution < -0.4 is 5.32 Å². The molecule has 0 saturated carbocycles. The van der Waals surface area contributed by atoms with Gasteiger partial charge in [0.1, 0.15) is 5.60 Å². The van der Waals surface area contributed by atoms with Crippen molar-refractivity contribution in [3.05, 3.63) is 0 Å². The second-order valence-corrected chi connectivity index (χ2v) is 10.3. The fourth-order valence-electron chi connectivity index (χ4n) is 4.07. The Balaban J connectivity index is 0.000000309. The summed E-state index contributed by atoms with van der Waals surface area (Å²) in [6.07, 6.45) is 3.59. The number of carbonyl (C=O) groups excluding carboxylic acids is 1. The first-order valence-corrected chi connectivity index (χ1v) is 10.3. The Kier molecular flexibility index (Phi) is 8.57. The molecule has 6 nitrogen and oxygen atoms in total. The van der Waals surface area contributed by atoms with Crippen molar-refractivity contribution in [3.8, 4) is 0 Å². The monoisotopic (exact) mass is 386 g/mol. The number of hydrogen-bond donors (Lipinski definition) is 3. The number of nitrogens with zero attached hydrogens (tertiary/aromatic N) is 1. The highest BCUT2D eigenvalue weighted by Gasteiger charge is 2.42. The van der Waals surface area contributed by atoms with E-state index in [-0.39, 0.29) is 18.2 Å². The standard InChI is InChI=1S/C13H25NO3.C8H17NO/c1-12(2,3)17-11(16)14-9-10(6-7-15)8-13(14,4)5;1-8(2)5-7(3-4-10)6-9-8/h10,15H,6-9H2,1-5H3;7,9-10H,3-6H2,1-2H3/t10-;7-/m00/s1. The van der Waals surface area contributed by atoms with Crippen molar-refractivity contribution >= 4 is 6.09 Å². The molecular formula is C21H42N2O4. The second kappa shape index (κ2) is 9.57. The van der Waals surface area contributed by atoms with Gasteiger partial charge < -0.3 is 25.2 Å². The third kappa shape index (κ3) is 8.36. The first-order chi connectivity index (χ1) is 12.3. The molecule has 0 aromatic carbocycles. The van der Waals surface area contributed by atoms with Crippen molar-refractivity contribution in [2.75, 3.05) is 26.3 Å². The maximum Gasteiger partial charge on any atom is 0.410 e. The molecule has 0 radical (unpaired) electrons. The van der Waals surface area contributed by atoms with Gasteiger partial charge in [-0.25, -0.2) is 4.79 Å². The Morgan fingerprint density at radius 3 is 2.07 bits per heavy atom. The predicted octanol–water partition coefficient (Wildman–Crippen LogP) is 3.16. The maximum atomic E-state index is 12.1. The zero-order valence-corrected chi connectivity index (χ0v) is 18.5. The number of rotatable bonds is 4. The summed E-state index contributed by atoms with van der Waals surface area (Å²) < 4.78 is 5.41. The Labute approximate surface area is 165 Å². The van der Waals surface area contributed by atoms with Crippen LogP contribution in [-0.4, -0.2) is 64.2 Å². The third-order valence-corrected chi connectivity index (χ3v) is 5.32. The molecule has 0 aliphatic carbocycles. The van der Waals surface area contributed by atoms with Gasteiger partial charge in [-0.3, -0.25) is 0 Å². The minimum atomic E-state index is -0.456. The zero-order valence-electron chi connectivity index (χ0n) is 18.5. The molecule has 3 N–H and O–H groups in total. The van der Waals surface area contributed by atoms with Crippen LogP contribution in [0.3, 0.4) is 0 Å². The number of hydrogen-bond acceptors (Lipinski definition) is 5. The van der Waals surface area contributed by atoms with Crippen LogP contribution in [0, 0.1) is 11.8 Å². The van der Waals surface area contributed by atoms with Crippen LogP contribution in [0.15, 0.2) is 0 Å². The first kappa shape index (κ1) is 24.2. The summed E-state index contributed by atoms with van der Waals surface area (Å²) >= 11 is 0. The molecule has 1 amide bonds. The van der Waals surface area contributed by atoms with Crippen LogP contribution in [0.25, 0.3) is 0 Å². The summed E-state index contributed by atoms with van der Waals surface area (Å²) in [7, 11) is 0. The van der Waals surface area contributed by atoms with Crippen molar-refractivity contribution in [2.45, 2.75) is 90.8 Å². The van der Waals surface area contributed by atoms with Gasteiger partial charge in [-0.15, -0.1) is 0 Å². The molecule has 0 aromatic heterocycles. The Bertz CT molecular complexity index is 471. The molecule has 160 valence electrons. The average Bonchev–Trinajstić information content (AvgIpc) is 2.97. The quantitative estimate of drug-likeness (QED) is 0.691. The van der Waals surface area contributed by atoms with E-state index in [0.717, 1.165) is 25.8 Å². The van der Waals surface area contributed by atoms with E-state index >= 15 is 0 Å². The van der Waals surface area contributed by atoms with Crippen molar-refractivity contribution < 1.29 is 19.7 Å². The smallest absolute Gasteiger partial charge is 0.410 e. The highest BCUT2D eigenvalue weighted by atomic mass is 16.6. The highest BCUT2D eigenvalue weighted by molar-refractivity contribution is 5.69. The molecule has 2 rings (SSSR count). The van der Waals surface area contributed by atoms with Crippen molar-refractivity contribution in [1.82, 2.24) is 10.2 Å². The number of ether oxygens (including phenoxy) is 1.